The van der Waals surface area contributed by atoms with Gasteiger partial charge in [-0.3, -0.25) is 14.3 Å². The fourth-order valence-electron chi connectivity index (χ4n) is 4.02. The first-order valence-corrected chi connectivity index (χ1v) is 10.4. The molecule has 0 radical (unpaired) electrons. The summed E-state index contributed by atoms with van der Waals surface area (Å²) in [5.41, 5.74) is 4.13. The summed E-state index contributed by atoms with van der Waals surface area (Å²) in [7, 11) is 3.39. The third kappa shape index (κ3) is 3.73. The summed E-state index contributed by atoms with van der Waals surface area (Å²) < 4.78 is 7.22. The molecule has 0 atom stereocenters. The zero-order valence-corrected chi connectivity index (χ0v) is 18.5. The molecule has 1 N–H and O–H groups in total. The summed E-state index contributed by atoms with van der Waals surface area (Å²) in [6.07, 6.45) is 1.38. The molecule has 1 aliphatic rings. The van der Waals surface area contributed by atoms with Gasteiger partial charge >= 0.3 is 0 Å². The normalized spacial score (nSPS) is 14.0. The van der Waals surface area contributed by atoms with Crippen LogP contribution in [-0.4, -0.2) is 40.2 Å². The zero-order valence-electron chi connectivity index (χ0n) is 18.5. The molecule has 0 bridgehead atoms. The lowest BCUT2D eigenvalue weighted by atomic mass is 10.0. The molecular weight excluding hydrogens is 394 g/mol. The van der Waals surface area contributed by atoms with E-state index >= 15 is 0 Å². The molecule has 0 spiro atoms. The molecule has 4 rings (SSSR count). The van der Waals surface area contributed by atoms with E-state index in [0.29, 0.717) is 35.6 Å². The molecular formula is C23H27N5O3. The van der Waals surface area contributed by atoms with E-state index in [9.17, 15) is 9.59 Å². The molecule has 1 saturated heterocycles. The van der Waals surface area contributed by atoms with Gasteiger partial charge < -0.3 is 15.0 Å². The Morgan fingerprint density at radius 2 is 2.03 bits per heavy atom. The van der Waals surface area contributed by atoms with Crippen molar-refractivity contribution in [3.63, 3.8) is 0 Å². The predicted octanol–water partition coefficient (Wildman–Crippen LogP) is 3.79. The van der Waals surface area contributed by atoms with Crippen LogP contribution >= 0.6 is 0 Å². The van der Waals surface area contributed by atoms with E-state index in [0.717, 1.165) is 28.9 Å². The third-order valence-electron chi connectivity index (χ3n) is 5.63. The number of benzene rings is 1. The van der Waals surface area contributed by atoms with Crippen molar-refractivity contribution < 1.29 is 14.3 Å². The summed E-state index contributed by atoms with van der Waals surface area (Å²) >= 11 is 0. The van der Waals surface area contributed by atoms with Gasteiger partial charge in [-0.15, -0.1) is 0 Å². The number of methoxy groups -OCH3 is 1. The number of nitrogens with one attached hydrogen (secondary N) is 1. The van der Waals surface area contributed by atoms with E-state index in [4.69, 9.17) is 9.72 Å². The van der Waals surface area contributed by atoms with Crippen molar-refractivity contribution in [1.82, 2.24) is 14.8 Å². The first kappa shape index (κ1) is 20.8. The Balaban J connectivity index is 1.70. The lowest BCUT2D eigenvalue weighted by molar-refractivity contribution is -0.117. The minimum Gasteiger partial charge on any atom is -0.494 e. The van der Waals surface area contributed by atoms with Crippen LogP contribution in [0, 0.1) is 6.92 Å². The highest BCUT2D eigenvalue weighted by Gasteiger charge is 2.25. The summed E-state index contributed by atoms with van der Waals surface area (Å²) in [4.78, 5) is 31.8. The van der Waals surface area contributed by atoms with Crippen molar-refractivity contribution in [3.05, 3.63) is 41.2 Å². The van der Waals surface area contributed by atoms with Crippen LogP contribution in [0.3, 0.4) is 0 Å². The van der Waals surface area contributed by atoms with Crippen LogP contribution in [0.4, 0.5) is 11.4 Å². The number of aromatic nitrogens is 3. The van der Waals surface area contributed by atoms with Gasteiger partial charge in [0.05, 0.1) is 29.4 Å². The highest BCUT2D eigenvalue weighted by atomic mass is 16.5. The Kier molecular flexibility index (Phi) is 5.39. The molecule has 2 amide bonds. The number of nitrogens with zero attached hydrogens (tertiary/aromatic N) is 4. The molecule has 1 aromatic carbocycles. The maximum absolute atomic E-state index is 13.3. The number of ether oxygens (including phenoxy) is 1. The average molecular weight is 422 g/mol. The van der Waals surface area contributed by atoms with Crippen LogP contribution in [-0.2, 0) is 11.8 Å². The molecule has 0 unspecified atom stereocenters. The van der Waals surface area contributed by atoms with Crippen molar-refractivity contribution in [2.75, 3.05) is 23.9 Å². The largest absolute Gasteiger partial charge is 0.494 e. The van der Waals surface area contributed by atoms with Crippen molar-refractivity contribution in [1.29, 1.82) is 0 Å². The molecule has 0 aliphatic carbocycles. The van der Waals surface area contributed by atoms with E-state index in [-0.39, 0.29) is 17.7 Å². The summed E-state index contributed by atoms with van der Waals surface area (Å²) in [6, 6.07) is 7.19. The van der Waals surface area contributed by atoms with Gasteiger partial charge in [0.1, 0.15) is 5.75 Å². The van der Waals surface area contributed by atoms with Crippen LogP contribution in [0.15, 0.2) is 24.3 Å². The van der Waals surface area contributed by atoms with E-state index < -0.39 is 0 Å². The number of hydrogen-bond donors (Lipinski definition) is 1. The van der Waals surface area contributed by atoms with Crippen molar-refractivity contribution in [3.8, 4) is 5.75 Å². The molecule has 3 aromatic rings. The molecule has 3 heterocycles. The minimum atomic E-state index is -0.238. The lowest BCUT2D eigenvalue weighted by Gasteiger charge is -2.20. The van der Waals surface area contributed by atoms with Gasteiger partial charge in [0.15, 0.2) is 5.65 Å². The second kappa shape index (κ2) is 8.02. The number of carbonyl (C=O) groups excluding carboxylic acids is 2. The lowest BCUT2D eigenvalue weighted by Crippen LogP contribution is -2.24. The monoisotopic (exact) mass is 421 g/mol. The van der Waals surface area contributed by atoms with E-state index in [2.05, 4.69) is 10.4 Å². The maximum atomic E-state index is 13.3. The average Bonchev–Trinajstić information content (AvgIpc) is 3.29. The highest BCUT2D eigenvalue weighted by molar-refractivity contribution is 6.13. The molecule has 8 heteroatoms. The smallest absolute Gasteiger partial charge is 0.256 e. The van der Waals surface area contributed by atoms with Gasteiger partial charge in [0.25, 0.3) is 5.91 Å². The maximum Gasteiger partial charge on any atom is 0.256 e. The number of pyridine rings is 1. The number of hydrogen-bond acceptors (Lipinski definition) is 5. The molecule has 1 fully saturated rings. The van der Waals surface area contributed by atoms with E-state index in [1.165, 1.54) is 0 Å². The highest BCUT2D eigenvalue weighted by Crippen LogP contribution is 2.34. The van der Waals surface area contributed by atoms with E-state index in [1.54, 1.807) is 28.8 Å². The molecule has 1 aliphatic heterocycles. The summed E-state index contributed by atoms with van der Waals surface area (Å²) in [6.45, 7) is 6.64. The van der Waals surface area contributed by atoms with Crippen molar-refractivity contribution in [2.45, 2.75) is 39.5 Å². The number of rotatable bonds is 5. The van der Waals surface area contributed by atoms with Crippen LogP contribution in [0.25, 0.3) is 11.0 Å². The fraction of sp³-hybridized carbons (Fsp3) is 0.391. The second-order valence-electron chi connectivity index (χ2n) is 8.15. The second-order valence-corrected chi connectivity index (χ2v) is 8.15. The third-order valence-corrected chi connectivity index (χ3v) is 5.63. The first-order chi connectivity index (χ1) is 14.8. The van der Waals surface area contributed by atoms with Crippen molar-refractivity contribution in [2.24, 2.45) is 7.05 Å². The standard InChI is InChI=1S/C23H27N5O3/c1-13(2)17-12-16(21-14(3)26-27(4)22(21)25-17)23(30)24-15-8-9-18(19(11-15)31-5)28-10-6-7-20(28)29/h8-9,11-13H,6-7,10H2,1-5H3,(H,24,30). The Bertz CT molecular complexity index is 1180. The molecule has 31 heavy (non-hydrogen) atoms. The number of aryl methyl sites for hydroxylation is 2. The van der Waals surface area contributed by atoms with Gasteiger partial charge in [0.2, 0.25) is 5.91 Å². The van der Waals surface area contributed by atoms with Gasteiger partial charge in [-0.05, 0) is 37.5 Å². The molecule has 162 valence electrons. The number of anilines is 2. The SMILES string of the molecule is COc1cc(NC(=O)c2cc(C(C)C)nc3c2c(C)nn3C)ccc1N1CCCC1=O. The molecule has 0 saturated carbocycles. The number of amides is 2. The molecule has 2 aromatic heterocycles. The fourth-order valence-corrected chi connectivity index (χ4v) is 4.02. The quantitative estimate of drug-likeness (QED) is 0.677. The number of carbonyl (C=O) groups is 2. The summed E-state index contributed by atoms with van der Waals surface area (Å²) in [5, 5.41) is 8.16. The van der Waals surface area contributed by atoms with Gasteiger partial charge in [-0.1, -0.05) is 13.8 Å². The van der Waals surface area contributed by atoms with Crippen LogP contribution in [0.5, 0.6) is 5.75 Å². The van der Waals surface area contributed by atoms with Gasteiger partial charge in [0, 0.05) is 37.5 Å². The summed E-state index contributed by atoms with van der Waals surface area (Å²) in [5.74, 6) is 0.567. The zero-order chi connectivity index (χ0) is 22.3. The van der Waals surface area contributed by atoms with Crippen molar-refractivity contribution >= 4 is 34.2 Å². The predicted molar refractivity (Wildman–Crippen MR) is 120 cm³/mol. The van der Waals surface area contributed by atoms with Gasteiger partial charge in [-0.2, -0.15) is 5.10 Å². The molecule has 8 nitrogen and oxygen atoms in total. The topological polar surface area (TPSA) is 89.3 Å². The van der Waals surface area contributed by atoms with Crippen LogP contribution < -0.4 is 15.0 Å². The van der Waals surface area contributed by atoms with E-state index in [1.807, 2.05) is 40.0 Å². The van der Waals surface area contributed by atoms with Crippen LogP contribution in [0.2, 0.25) is 0 Å². The first-order valence-electron chi connectivity index (χ1n) is 10.4. The van der Waals surface area contributed by atoms with Crippen LogP contribution in [0.1, 0.15) is 54.4 Å². The Labute approximate surface area is 181 Å². The minimum absolute atomic E-state index is 0.0857. The Morgan fingerprint density at radius 1 is 1.26 bits per heavy atom. The Hall–Kier alpha value is -3.42. The Morgan fingerprint density at radius 3 is 2.68 bits per heavy atom. The number of fused-ring (bicyclic) bond motifs is 1. The van der Waals surface area contributed by atoms with Gasteiger partial charge in [-0.25, -0.2) is 4.98 Å².